The zero-order valence-corrected chi connectivity index (χ0v) is 15.2. The number of H-pyrrole nitrogens is 1. The summed E-state index contributed by atoms with van der Waals surface area (Å²) in [7, 11) is 0. The first-order chi connectivity index (χ1) is 13.7. The molecule has 1 aliphatic rings. The zero-order chi connectivity index (χ0) is 19.1. The standard InChI is InChI=1S/C22H19N3O3/c26-21-19-18(16-8-7-14-4-1-2-5-15(14)12-16)9-10-23-20(19)25(22(27)24-21)13-17-6-3-11-28-17/h1-2,4-5,7-10,12,17H,3,6,11,13H2,(H,24,26,27)/t17-/m1/s1. The molecule has 1 N–H and O–H groups in total. The van der Waals surface area contributed by atoms with Crippen LogP contribution in [0.3, 0.4) is 0 Å². The second-order valence-corrected chi connectivity index (χ2v) is 7.12. The van der Waals surface area contributed by atoms with Gasteiger partial charge in [-0.2, -0.15) is 0 Å². The monoisotopic (exact) mass is 373 g/mol. The Kier molecular flexibility index (Phi) is 4.06. The number of fused-ring (bicyclic) bond motifs is 2. The van der Waals surface area contributed by atoms with Crippen LogP contribution in [-0.2, 0) is 11.3 Å². The summed E-state index contributed by atoms with van der Waals surface area (Å²) in [6.45, 7) is 1.09. The van der Waals surface area contributed by atoms with Crippen molar-refractivity contribution in [3.8, 4) is 11.1 Å². The summed E-state index contributed by atoms with van der Waals surface area (Å²) in [5, 5.41) is 2.65. The van der Waals surface area contributed by atoms with Crippen LogP contribution in [0.4, 0.5) is 0 Å². The molecule has 0 bridgehead atoms. The van der Waals surface area contributed by atoms with Crippen LogP contribution in [0.1, 0.15) is 12.8 Å². The summed E-state index contributed by atoms with van der Waals surface area (Å²) in [5.41, 5.74) is 1.21. The first kappa shape index (κ1) is 16.9. The molecular formula is C22H19N3O3. The fourth-order valence-electron chi connectivity index (χ4n) is 3.96. The summed E-state index contributed by atoms with van der Waals surface area (Å²) in [6, 6.07) is 16.0. The van der Waals surface area contributed by atoms with Crippen molar-refractivity contribution in [2.75, 3.05) is 6.61 Å². The Labute approximate surface area is 160 Å². The smallest absolute Gasteiger partial charge is 0.330 e. The number of aromatic amines is 1. The van der Waals surface area contributed by atoms with Crippen LogP contribution in [0.2, 0.25) is 0 Å². The number of ether oxygens (including phenoxy) is 1. The minimum Gasteiger partial charge on any atom is -0.376 e. The van der Waals surface area contributed by atoms with Gasteiger partial charge in [0.2, 0.25) is 0 Å². The Balaban J connectivity index is 1.73. The highest BCUT2D eigenvalue weighted by atomic mass is 16.5. The zero-order valence-electron chi connectivity index (χ0n) is 15.2. The van der Waals surface area contributed by atoms with Crippen molar-refractivity contribution in [2.24, 2.45) is 0 Å². The first-order valence-electron chi connectivity index (χ1n) is 9.43. The van der Waals surface area contributed by atoms with Crippen molar-refractivity contribution in [1.82, 2.24) is 14.5 Å². The molecule has 6 heteroatoms. The molecule has 140 valence electrons. The van der Waals surface area contributed by atoms with E-state index >= 15 is 0 Å². The van der Waals surface area contributed by atoms with Gasteiger partial charge >= 0.3 is 5.69 Å². The lowest BCUT2D eigenvalue weighted by Gasteiger charge is -2.14. The fourth-order valence-corrected chi connectivity index (χ4v) is 3.96. The van der Waals surface area contributed by atoms with E-state index in [1.807, 2.05) is 36.4 Å². The van der Waals surface area contributed by atoms with Crippen LogP contribution in [0.5, 0.6) is 0 Å². The van der Waals surface area contributed by atoms with E-state index in [1.165, 1.54) is 4.57 Å². The molecule has 2 aromatic carbocycles. The van der Waals surface area contributed by atoms with Crippen molar-refractivity contribution >= 4 is 21.8 Å². The highest BCUT2D eigenvalue weighted by Crippen LogP contribution is 2.28. The number of rotatable bonds is 3. The minimum atomic E-state index is -0.448. The molecule has 3 heterocycles. The number of aromatic nitrogens is 3. The van der Waals surface area contributed by atoms with Gasteiger partial charge in [0.15, 0.2) is 0 Å². The molecule has 5 rings (SSSR count). The van der Waals surface area contributed by atoms with Gasteiger partial charge in [-0.3, -0.25) is 14.3 Å². The number of pyridine rings is 1. The largest absolute Gasteiger partial charge is 0.376 e. The highest BCUT2D eigenvalue weighted by Gasteiger charge is 2.20. The normalized spacial score (nSPS) is 16.8. The SMILES string of the molecule is O=c1[nH]c(=O)n(C[C@H]2CCCO2)c2nccc(-c3ccc4ccccc4c3)c12. The van der Waals surface area contributed by atoms with Crippen LogP contribution in [-0.4, -0.2) is 27.2 Å². The van der Waals surface area contributed by atoms with E-state index in [9.17, 15) is 9.59 Å². The lowest BCUT2D eigenvalue weighted by molar-refractivity contribution is 0.0967. The van der Waals surface area contributed by atoms with E-state index in [0.717, 1.165) is 34.7 Å². The third-order valence-corrected chi connectivity index (χ3v) is 5.35. The second-order valence-electron chi connectivity index (χ2n) is 7.12. The summed E-state index contributed by atoms with van der Waals surface area (Å²) in [6.07, 6.45) is 3.50. The van der Waals surface area contributed by atoms with Crippen LogP contribution < -0.4 is 11.2 Å². The molecule has 28 heavy (non-hydrogen) atoms. The molecule has 0 saturated carbocycles. The third-order valence-electron chi connectivity index (χ3n) is 5.35. The summed E-state index contributed by atoms with van der Waals surface area (Å²) >= 11 is 0. The van der Waals surface area contributed by atoms with E-state index in [-0.39, 0.29) is 6.10 Å². The predicted octanol–water partition coefficient (Wildman–Crippen LogP) is 3.08. The maximum absolute atomic E-state index is 12.7. The molecule has 1 atom stereocenters. The Morgan fingerprint density at radius 3 is 2.79 bits per heavy atom. The van der Waals surface area contributed by atoms with Gasteiger partial charge in [0.1, 0.15) is 5.65 Å². The quantitative estimate of drug-likeness (QED) is 0.599. The maximum atomic E-state index is 12.7. The van der Waals surface area contributed by atoms with Gasteiger partial charge in [0, 0.05) is 12.8 Å². The summed E-state index contributed by atoms with van der Waals surface area (Å²) in [4.78, 5) is 32.0. The topological polar surface area (TPSA) is 77.0 Å². The minimum absolute atomic E-state index is 0.0297. The first-order valence-corrected chi connectivity index (χ1v) is 9.43. The lowest BCUT2D eigenvalue weighted by Crippen LogP contribution is -2.34. The predicted molar refractivity (Wildman–Crippen MR) is 109 cm³/mol. The molecule has 4 aromatic rings. The molecule has 0 unspecified atom stereocenters. The Morgan fingerprint density at radius 2 is 1.96 bits per heavy atom. The molecule has 0 aliphatic carbocycles. The third kappa shape index (κ3) is 2.82. The van der Waals surface area contributed by atoms with E-state index in [0.29, 0.717) is 24.2 Å². The average Bonchev–Trinajstić information content (AvgIpc) is 3.23. The van der Waals surface area contributed by atoms with Gasteiger partial charge in [0.25, 0.3) is 5.56 Å². The van der Waals surface area contributed by atoms with Gasteiger partial charge in [0.05, 0.1) is 18.0 Å². The molecule has 6 nitrogen and oxygen atoms in total. The number of hydrogen-bond acceptors (Lipinski definition) is 4. The number of nitrogens with zero attached hydrogens (tertiary/aromatic N) is 2. The molecule has 0 spiro atoms. The Morgan fingerprint density at radius 1 is 1.11 bits per heavy atom. The number of nitrogens with one attached hydrogen (secondary N) is 1. The van der Waals surface area contributed by atoms with Crippen molar-refractivity contribution in [1.29, 1.82) is 0 Å². The molecule has 1 fully saturated rings. The summed E-state index contributed by atoms with van der Waals surface area (Å²) < 4.78 is 7.20. The van der Waals surface area contributed by atoms with Gasteiger partial charge in [-0.1, -0.05) is 36.4 Å². The van der Waals surface area contributed by atoms with Crippen LogP contribution >= 0.6 is 0 Å². The van der Waals surface area contributed by atoms with Gasteiger partial charge in [-0.05, 0) is 46.9 Å². The number of benzene rings is 2. The lowest BCUT2D eigenvalue weighted by atomic mass is 10.00. The van der Waals surface area contributed by atoms with E-state index in [1.54, 1.807) is 6.20 Å². The highest BCUT2D eigenvalue weighted by molar-refractivity contribution is 5.95. The van der Waals surface area contributed by atoms with E-state index in [2.05, 4.69) is 22.1 Å². The second kappa shape index (κ2) is 6.73. The van der Waals surface area contributed by atoms with Crippen molar-refractivity contribution in [3.63, 3.8) is 0 Å². The van der Waals surface area contributed by atoms with Gasteiger partial charge < -0.3 is 4.74 Å². The van der Waals surface area contributed by atoms with Gasteiger partial charge in [-0.25, -0.2) is 9.78 Å². The van der Waals surface area contributed by atoms with Crippen LogP contribution in [0, 0.1) is 0 Å². The fraction of sp³-hybridized carbons (Fsp3) is 0.227. The molecule has 0 radical (unpaired) electrons. The maximum Gasteiger partial charge on any atom is 0.330 e. The van der Waals surface area contributed by atoms with Crippen LogP contribution in [0.25, 0.3) is 32.9 Å². The van der Waals surface area contributed by atoms with Crippen molar-refractivity contribution in [3.05, 3.63) is 75.6 Å². The molecule has 1 saturated heterocycles. The average molecular weight is 373 g/mol. The Hall–Kier alpha value is -3.25. The van der Waals surface area contributed by atoms with Crippen molar-refractivity contribution in [2.45, 2.75) is 25.5 Å². The molecule has 2 aromatic heterocycles. The molecule has 0 amide bonds. The van der Waals surface area contributed by atoms with E-state index in [4.69, 9.17) is 4.74 Å². The van der Waals surface area contributed by atoms with Crippen LogP contribution in [0.15, 0.2) is 64.3 Å². The number of hydrogen-bond donors (Lipinski definition) is 1. The molecular weight excluding hydrogens is 354 g/mol. The van der Waals surface area contributed by atoms with Crippen molar-refractivity contribution < 1.29 is 4.74 Å². The molecule has 1 aliphatic heterocycles. The van der Waals surface area contributed by atoms with Gasteiger partial charge in [-0.15, -0.1) is 0 Å². The van der Waals surface area contributed by atoms with E-state index < -0.39 is 11.2 Å². The summed E-state index contributed by atoms with van der Waals surface area (Å²) in [5.74, 6) is 0. The Bertz CT molecular complexity index is 1300.